The van der Waals surface area contributed by atoms with E-state index in [9.17, 15) is 9.90 Å². The maximum Gasteiger partial charge on any atom is 0.371 e. The van der Waals surface area contributed by atoms with Crippen molar-refractivity contribution >= 4 is 22.4 Å². The Morgan fingerprint density at radius 2 is 2.28 bits per heavy atom. The Balaban J connectivity index is 2.32. The van der Waals surface area contributed by atoms with Gasteiger partial charge in [-0.2, -0.15) is 0 Å². The molecule has 2 aromatic heterocycles. The molecule has 0 aliphatic heterocycles. The zero-order chi connectivity index (χ0) is 13.3. The maximum atomic E-state index is 10.7. The smallest absolute Gasteiger partial charge is 0.371 e. The Morgan fingerprint density at radius 3 is 2.83 bits per heavy atom. The van der Waals surface area contributed by atoms with E-state index < -0.39 is 12.2 Å². The molecule has 1 atom stereocenters. The SMILES string of the molecule is Cc1nc(NC(C)O)sc1-c1ccc(C(=O)O)o1. The van der Waals surface area contributed by atoms with Gasteiger partial charge in [-0.1, -0.05) is 11.3 Å². The number of hydrogen-bond donors (Lipinski definition) is 3. The summed E-state index contributed by atoms with van der Waals surface area (Å²) in [6.07, 6.45) is -0.699. The van der Waals surface area contributed by atoms with Gasteiger partial charge in [0.05, 0.1) is 10.6 Å². The molecule has 0 aliphatic rings. The molecular formula is C11H12N2O4S. The Morgan fingerprint density at radius 1 is 1.56 bits per heavy atom. The summed E-state index contributed by atoms with van der Waals surface area (Å²) in [5, 5.41) is 21.3. The molecule has 2 aromatic rings. The first-order valence-electron chi connectivity index (χ1n) is 5.23. The highest BCUT2D eigenvalue weighted by molar-refractivity contribution is 7.19. The number of rotatable bonds is 4. The van der Waals surface area contributed by atoms with Gasteiger partial charge in [-0.3, -0.25) is 0 Å². The number of thiazole rings is 1. The minimum atomic E-state index is -1.11. The number of aliphatic hydroxyl groups excluding tert-OH is 1. The highest BCUT2D eigenvalue weighted by atomic mass is 32.1. The summed E-state index contributed by atoms with van der Waals surface area (Å²) < 4.78 is 5.21. The van der Waals surface area contributed by atoms with Crippen LogP contribution in [0, 0.1) is 6.92 Å². The molecule has 0 fully saturated rings. The summed E-state index contributed by atoms with van der Waals surface area (Å²) in [5.41, 5.74) is 0.717. The number of aliphatic hydroxyl groups is 1. The van der Waals surface area contributed by atoms with Gasteiger partial charge in [0.25, 0.3) is 0 Å². The second-order valence-corrected chi connectivity index (χ2v) is 4.72. The number of aromatic nitrogens is 1. The van der Waals surface area contributed by atoms with Crippen LogP contribution in [-0.2, 0) is 0 Å². The van der Waals surface area contributed by atoms with Crippen molar-refractivity contribution in [1.82, 2.24) is 4.98 Å². The van der Waals surface area contributed by atoms with E-state index in [1.54, 1.807) is 19.9 Å². The third kappa shape index (κ3) is 2.52. The largest absolute Gasteiger partial charge is 0.475 e. The summed E-state index contributed by atoms with van der Waals surface area (Å²) in [6.45, 7) is 3.38. The highest BCUT2D eigenvalue weighted by Gasteiger charge is 2.16. The molecule has 1 unspecified atom stereocenters. The first-order chi connectivity index (χ1) is 8.47. The number of hydrogen-bond acceptors (Lipinski definition) is 6. The van der Waals surface area contributed by atoms with E-state index in [0.717, 1.165) is 10.6 Å². The molecule has 0 saturated heterocycles. The van der Waals surface area contributed by atoms with Crippen LogP contribution >= 0.6 is 11.3 Å². The van der Waals surface area contributed by atoms with Crippen LogP contribution in [0.1, 0.15) is 23.2 Å². The van der Waals surface area contributed by atoms with E-state index in [1.807, 2.05) is 0 Å². The van der Waals surface area contributed by atoms with Crippen molar-refractivity contribution in [1.29, 1.82) is 0 Å². The molecule has 0 aliphatic carbocycles. The number of nitrogens with one attached hydrogen (secondary N) is 1. The fourth-order valence-electron chi connectivity index (χ4n) is 1.44. The quantitative estimate of drug-likeness (QED) is 0.735. The van der Waals surface area contributed by atoms with Gasteiger partial charge in [-0.15, -0.1) is 0 Å². The fourth-order valence-corrected chi connectivity index (χ4v) is 2.45. The second-order valence-electron chi connectivity index (χ2n) is 3.72. The predicted octanol–water partition coefficient (Wildman–Crippen LogP) is 2.16. The minimum absolute atomic E-state index is 0.108. The lowest BCUT2D eigenvalue weighted by Crippen LogP contribution is -2.12. The number of aromatic carboxylic acids is 1. The first-order valence-corrected chi connectivity index (χ1v) is 6.04. The topological polar surface area (TPSA) is 95.6 Å². The average Bonchev–Trinajstić information content (AvgIpc) is 2.83. The van der Waals surface area contributed by atoms with Gasteiger partial charge < -0.3 is 19.9 Å². The van der Waals surface area contributed by atoms with Crippen molar-refractivity contribution in [2.75, 3.05) is 5.32 Å². The van der Waals surface area contributed by atoms with Gasteiger partial charge in [0.1, 0.15) is 12.0 Å². The Kier molecular flexibility index (Phi) is 3.35. The zero-order valence-corrected chi connectivity index (χ0v) is 10.6. The van der Waals surface area contributed by atoms with Gasteiger partial charge >= 0.3 is 5.97 Å². The third-order valence-electron chi connectivity index (χ3n) is 2.17. The van der Waals surface area contributed by atoms with Crippen LogP contribution in [-0.4, -0.2) is 27.4 Å². The first kappa shape index (κ1) is 12.6. The molecule has 0 saturated carbocycles. The monoisotopic (exact) mass is 268 g/mol. The van der Waals surface area contributed by atoms with Crippen molar-refractivity contribution in [2.45, 2.75) is 20.1 Å². The maximum absolute atomic E-state index is 10.7. The molecule has 0 bridgehead atoms. The minimum Gasteiger partial charge on any atom is -0.475 e. The van der Waals surface area contributed by atoms with E-state index in [0.29, 0.717) is 10.9 Å². The summed E-state index contributed by atoms with van der Waals surface area (Å²) in [7, 11) is 0. The van der Waals surface area contributed by atoms with Crippen LogP contribution in [0.3, 0.4) is 0 Å². The van der Waals surface area contributed by atoms with Gasteiger partial charge in [0, 0.05) is 0 Å². The summed E-state index contributed by atoms with van der Waals surface area (Å²) in [6, 6.07) is 2.99. The van der Waals surface area contributed by atoms with E-state index >= 15 is 0 Å². The van der Waals surface area contributed by atoms with Gasteiger partial charge in [-0.05, 0) is 26.0 Å². The average molecular weight is 268 g/mol. The van der Waals surface area contributed by atoms with Crippen molar-refractivity contribution in [3.05, 3.63) is 23.6 Å². The molecule has 0 amide bonds. The predicted molar refractivity (Wildman–Crippen MR) is 66.8 cm³/mol. The van der Waals surface area contributed by atoms with E-state index in [-0.39, 0.29) is 5.76 Å². The molecular weight excluding hydrogens is 256 g/mol. The van der Waals surface area contributed by atoms with E-state index in [2.05, 4.69) is 10.3 Å². The molecule has 0 aromatic carbocycles. The number of furan rings is 1. The number of anilines is 1. The van der Waals surface area contributed by atoms with E-state index in [4.69, 9.17) is 9.52 Å². The number of aryl methyl sites for hydroxylation is 1. The van der Waals surface area contributed by atoms with Gasteiger partial charge in [0.2, 0.25) is 5.76 Å². The fraction of sp³-hybridized carbons (Fsp3) is 0.273. The molecule has 0 radical (unpaired) electrons. The van der Waals surface area contributed by atoms with Crippen molar-refractivity contribution in [3.63, 3.8) is 0 Å². The van der Waals surface area contributed by atoms with Crippen molar-refractivity contribution in [3.8, 4) is 10.6 Å². The van der Waals surface area contributed by atoms with Crippen LogP contribution in [0.2, 0.25) is 0 Å². The van der Waals surface area contributed by atoms with Crippen LogP contribution < -0.4 is 5.32 Å². The summed E-state index contributed by atoms with van der Waals surface area (Å²) in [4.78, 5) is 15.7. The molecule has 0 spiro atoms. The van der Waals surface area contributed by atoms with Gasteiger partial charge in [0.15, 0.2) is 5.13 Å². The lowest BCUT2D eigenvalue weighted by molar-refractivity contribution is 0.0663. The molecule has 96 valence electrons. The zero-order valence-electron chi connectivity index (χ0n) is 9.80. The van der Waals surface area contributed by atoms with Crippen molar-refractivity contribution in [2.24, 2.45) is 0 Å². The highest BCUT2D eigenvalue weighted by Crippen LogP contribution is 2.33. The lowest BCUT2D eigenvalue weighted by atomic mass is 10.3. The summed E-state index contributed by atoms with van der Waals surface area (Å²) >= 11 is 1.30. The normalized spacial score (nSPS) is 12.4. The third-order valence-corrected chi connectivity index (χ3v) is 3.27. The van der Waals surface area contributed by atoms with Crippen LogP contribution in [0.5, 0.6) is 0 Å². The van der Waals surface area contributed by atoms with Gasteiger partial charge in [-0.25, -0.2) is 9.78 Å². The number of carbonyl (C=O) groups is 1. The standard InChI is InChI=1S/C11H12N2O4S/c1-5-9(18-11(12-5)13-6(2)14)7-3-4-8(17-7)10(15)16/h3-4,6,14H,1-2H3,(H,12,13)(H,15,16). The summed E-state index contributed by atoms with van der Waals surface area (Å²) in [5.74, 6) is -0.755. The van der Waals surface area contributed by atoms with E-state index in [1.165, 1.54) is 17.4 Å². The second kappa shape index (κ2) is 4.79. The van der Waals surface area contributed by atoms with Crippen LogP contribution in [0.4, 0.5) is 5.13 Å². The molecule has 18 heavy (non-hydrogen) atoms. The number of carboxylic acids is 1. The molecule has 6 nitrogen and oxygen atoms in total. The molecule has 2 rings (SSSR count). The number of nitrogens with zero attached hydrogens (tertiary/aromatic N) is 1. The Labute approximate surface area is 107 Å². The van der Waals surface area contributed by atoms with Crippen LogP contribution in [0.15, 0.2) is 16.5 Å². The molecule has 3 N–H and O–H groups in total. The van der Waals surface area contributed by atoms with Crippen LogP contribution in [0.25, 0.3) is 10.6 Å². The molecule has 7 heteroatoms. The Bertz CT molecular complexity index is 573. The Hall–Kier alpha value is -1.86. The van der Waals surface area contributed by atoms with Crippen molar-refractivity contribution < 1.29 is 19.4 Å². The lowest BCUT2D eigenvalue weighted by Gasteiger charge is -2.03. The number of carboxylic acid groups (broad SMARTS) is 1. The molecule has 2 heterocycles.